The number of aryl methyl sites for hydroxylation is 1. The molecular weight excluding hydrogens is 387 g/mol. The van der Waals surface area contributed by atoms with E-state index in [1.54, 1.807) is 0 Å². The Kier molecular flexibility index (Phi) is 7.13. The molecule has 0 aliphatic carbocycles. The second kappa shape index (κ2) is 9.98. The fraction of sp³-hybridized carbons (Fsp3) is 0.318. The van der Waals surface area contributed by atoms with E-state index in [-0.39, 0.29) is 44.1 Å². The van der Waals surface area contributed by atoms with Gasteiger partial charge in [0.05, 0.1) is 0 Å². The van der Waals surface area contributed by atoms with Crippen molar-refractivity contribution < 1.29 is 18.8 Å². The summed E-state index contributed by atoms with van der Waals surface area (Å²) in [6.07, 6.45) is -0.340. The molecule has 0 aromatic heterocycles. The number of amides is 3. The molecule has 2 aromatic rings. The number of benzene rings is 2. The summed E-state index contributed by atoms with van der Waals surface area (Å²) in [5, 5.41) is 2.65. The lowest BCUT2D eigenvalue weighted by molar-refractivity contribution is -0.141. The van der Waals surface area contributed by atoms with Crippen molar-refractivity contribution in [2.75, 3.05) is 26.2 Å². The summed E-state index contributed by atoms with van der Waals surface area (Å²) in [5.41, 5.74) is 6.61. The van der Waals surface area contributed by atoms with Gasteiger partial charge in [0.15, 0.2) is 6.17 Å². The predicted octanol–water partition coefficient (Wildman–Crippen LogP) is 1.14. The molecule has 1 fully saturated rings. The fourth-order valence-electron chi connectivity index (χ4n) is 3.50. The molecular formula is C22H25FN4O3. The summed E-state index contributed by atoms with van der Waals surface area (Å²) < 4.78 is 13.6. The van der Waals surface area contributed by atoms with Crippen LogP contribution in [-0.4, -0.2) is 59.9 Å². The minimum Gasteiger partial charge on any atom is -0.351 e. The first kappa shape index (κ1) is 21.4. The summed E-state index contributed by atoms with van der Waals surface area (Å²) in [7, 11) is 0. The molecule has 0 bridgehead atoms. The van der Waals surface area contributed by atoms with E-state index in [1.165, 1.54) is 28.0 Å². The van der Waals surface area contributed by atoms with Gasteiger partial charge in [0.1, 0.15) is 5.82 Å². The van der Waals surface area contributed by atoms with E-state index in [4.69, 9.17) is 5.73 Å². The van der Waals surface area contributed by atoms with Gasteiger partial charge in [0.25, 0.3) is 11.8 Å². The number of hydrogen-bond acceptors (Lipinski definition) is 4. The molecule has 7 nitrogen and oxygen atoms in total. The van der Waals surface area contributed by atoms with Crippen LogP contribution in [0.3, 0.4) is 0 Å². The molecule has 1 heterocycles. The molecule has 0 radical (unpaired) electrons. The highest BCUT2D eigenvalue weighted by Gasteiger charge is 2.42. The summed E-state index contributed by atoms with van der Waals surface area (Å²) in [5.74, 6) is -1.74. The van der Waals surface area contributed by atoms with Crippen LogP contribution in [0.15, 0.2) is 54.6 Å². The highest BCUT2D eigenvalue weighted by molar-refractivity contribution is 5.99. The number of nitrogens with two attached hydrogens (primary N) is 1. The number of halogens is 1. The lowest BCUT2D eigenvalue weighted by Crippen LogP contribution is -2.54. The number of hydrogen-bond donors (Lipinski definition) is 2. The highest BCUT2D eigenvalue weighted by Crippen LogP contribution is 2.20. The number of carbonyl (C=O) groups is 3. The molecule has 2 aromatic carbocycles. The third-order valence-electron chi connectivity index (χ3n) is 4.97. The minimum absolute atomic E-state index is 0.130. The predicted molar refractivity (Wildman–Crippen MR) is 110 cm³/mol. The molecule has 3 N–H and O–H groups in total. The SMILES string of the molecule is NCCNC(=O)C1N(C(=O)CCc2ccccc2)CCN1C(=O)c1cccc(F)c1. The van der Waals surface area contributed by atoms with Crippen LogP contribution in [0, 0.1) is 5.82 Å². The van der Waals surface area contributed by atoms with E-state index in [1.807, 2.05) is 30.3 Å². The van der Waals surface area contributed by atoms with E-state index in [0.29, 0.717) is 6.42 Å². The Balaban J connectivity index is 1.77. The Labute approximate surface area is 174 Å². The van der Waals surface area contributed by atoms with Gasteiger partial charge in [0, 0.05) is 38.2 Å². The van der Waals surface area contributed by atoms with Crippen molar-refractivity contribution in [1.29, 1.82) is 0 Å². The largest absolute Gasteiger partial charge is 0.351 e. The maximum Gasteiger partial charge on any atom is 0.263 e. The maximum atomic E-state index is 13.6. The fourth-order valence-corrected chi connectivity index (χ4v) is 3.50. The number of nitrogens with zero attached hydrogens (tertiary/aromatic N) is 2. The number of carbonyl (C=O) groups excluding carboxylic acids is 3. The zero-order valence-corrected chi connectivity index (χ0v) is 16.6. The van der Waals surface area contributed by atoms with Crippen LogP contribution in [0.1, 0.15) is 22.3 Å². The van der Waals surface area contributed by atoms with Gasteiger partial charge in [-0.3, -0.25) is 14.4 Å². The lowest BCUT2D eigenvalue weighted by atomic mass is 10.1. The zero-order chi connectivity index (χ0) is 21.5. The smallest absolute Gasteiger partial charge is 0.263 e. The molecule has 30 heavy (non-hydrogen) atoms. The normalized spacial score (nSPS) is 15.9. The maximum absolute atomic E-state index is 13.6. The molecule has 8 heteroatoms. The molecule has 1 aliphatic rings. The molecule has 1 aliphatic heterocycles. The quantitative estimate of drug-likeness (QED) is 0.713. The Hall–Kier alpha value is -3.26. The number of nitrogens with one attached hydrogen (secondary N) is 1. The molecule has 1 unspecified atom stereocenters. The lowest BCUT2D eigenvalue weighted by Gasteiger charge is -2.29. The van der Waals surface area contributed by atoms with Gasteiger partial charge in [-0.1, -0.05) is 36.4 Å². The topological polar surface area (TPSA) is 95.7 Å². The minimum atomic E-state index is -1.09. The molecule has 0 spiro atoms. The van der Waals surface area contributed by atoms with Gasteiger partial charge in [-0.2, -0.15) is 0 Å². The third kappa shape index (κ3) is 5.01. The van der Waals surface area contributed by atoms with E-state index in [9.17, 15) is 18.8 Å². The molecule has 0 saturated carbocycles. The Bertz CT molecular complexity index is 906. The van der Waals surface area contributed by atoms with Crippen molar-refractivity contribution in [1.82, 2.24) is 15.1 Å². The van der Waals surface area contributed by atoms with Crippen molar-refractivity contribution >= 4 is 17.7 Å². The van der Waals surface area contributed by atoms with E-state index in [0.717, 1.165) is 11.6 Å². The first-order valence-corrected chi connectivity index (χ1v) is 9.89. The van der Waals surface area contributed by atoms with Gasteiger partial charge in [0.2, 0.25) is 5.91 Å². The van der Waals surface area contributed by atoms with Gasteiger partial charge < -0.3 is 20.9 Å². The highest BCUT2D eigenvalue weighted by atomic mass is 19.1. The van der Waals surface area contributed by atoms with Gasteiger partial charge >= 0.3 is 0 Å². The molecule has 3 rings (SSSR count). The van der Waals surface area contributed by atoms with E-state index in [2.05, 4.69) is 5.32 Å². The third-order valence-corrected chi connectivity index (χ3v) is 4.97. The van der Waals surface area contributed by atoms with Crippen molar-refractivity contribution in [3.8, 4) is 0 Å². The van der Waals surface area contributed by atoms with E-state index < -0.39 is 23.8 Å². The van der Waals surface area contributed by atoms with Crippen molar-refractivity contribution in [2.24, 2.45) is 5.73 Å². The van der Waals surface area contributed by atoms with Crippen LogP contribution in [0.4, 0.5) is 4.39 Å². The molecule has 3 amide bonds. The van der Waals surface area contributed by atoms with Gasteiger partial charge in [-0.25, -0.2) is 4.39 Å². The van der Waals surface area contributed by atoms with Crippen LogP contribution in [0.25, 0.3) is 0 Å². The summed E-state index contributed by atoms with van der Waals surface area (Å²) in [6.45, 7) is 0.879. The van der Waals surface area contributed by atoms with Crippen LogP contribution in [0.2, 0.25) is 0 Å². The van der Waals surface area contributed by atoms with Gasteiger partial charge in [-0.05, 0) is 30.2 Å². The molecule has 1 saturated heterocycles. The Morgan fingerprint density at radius 2 is 1.77 bits per heavy atom. The average molecular weight is 412 g/mol. The van der Waals surface area contributed by atoms with Crippen LogP contribution >= 0.6 is 0 Å². The van der Waals surface area contributed by atoms with Crippen LogP contribution < -0.4 is 11.1 Å². The first-order chi connectivity index (χ1) is 14.5. The van der Waals surface area contributed by atoms with E-state index >= 15 is 0 Å². The summed E-state index contributed by atoms with van der Waals surface area (Å²) in [4.78, 5) is 41.3. The number of rotatable bonds is 7. The first-order valence-electron chi connectivity index (χ1n) is 9.89. The van der Waals surface area contributed by atoms with Crippen LogP contribution in [0.5, 0.6) is 0 Å². The average Bonchev–Trinajstić information content (AvgIpc) is 3.21. The summed E-state index contributed by atoms with van der Waals surface area (Å²) in [6, 6.07) is 14.9. The second-order valence-corrected chi connectivity index (χ2v) is 7.03. The van der Waals surface area contributed by atoms with Crippen LogP contribution in [-0.2, 0) is 16.0 Å². The zero-order valence-electron chi connectivity index (χ0n) is 16.6. The van der Waals surface area contributed by atoms with Gasteiger partial charge in [-0.15, -0.1) is 0 Å². The standard InChI is InChI=1S/C22H25FN4O3/c23-18-8-4-7-17(15-18)22(30)27-14-13-26(21(27)20(29)25-12-11-24)19(28)10-9-16-5-2-1-3-6-16/h1-8,15,21H,9-14,24H2,(H,25,29). The Morgan fingerprint density at radius 3 is 2.47 bits per heavy atom. The molecule has 1 atom stereocenters. The summed E-state index contributed by atoms with van der Waals surface area (Å²) >= 11 is 0. The second-order valence-electron chi connectivity index (χ2n) is 7.03. The van der Waals surface area contributed by atoms with Crippen molar-refractivity contribution in [3.05, 3.63) is 71.5 Å². The monoisotopic (exact) mass is 412 g/mol. The van der Waals surface area contributed by atoms with Crippen molar-refractivity contribution in [2.45, 2.75) is 19.0 Å². The Morgan fingerprint density at radius 1 is 1.03 bits per heavy atom. The van der Waals surface area contributed by atoms with Crippen molar-refractivity contribution in [3.63, 3.8) is 0 Å². The molecule has 158 valence electrons.